The molecule has 0 aliphatic carbocycles. The Morgan fingerprint density at radius 3 is 2.60 bits per heavy atom. The Bertz CT molecular complexity index is 1290. The molecule has 2 aliphatic heterocycles. The van der Waals surface area contributed by atoms with E-state index in [1.54, 1.807) is 0 Å². The molecule has 0 amide bonds. The van der Waals surface area contributed by atoms with E-state index >= 15 is 0 Å². The van der Waals surface area contributed by atoms with Gasteiger partial charge in [0.25, 0.3) is 0 Å². The van der Waals surface area contributed by atoms with E-state index in [9.17, 15) is 0 Å². The molecule has 35 heavy (non-hydrogen) atoms. The van der Waals surface area contributed by atoms with Crippen LogP contribution in [0.4, 0.5) is 17.6 Å². The van der Waals surface area contributed by atoms with Crippen LogP contribution in [0.25, 0.3) is 22.2 Å². The molecule has 2 saturated heterocycles. The predicted molar refractivity (Wildman–Crippen MR) is 138 cm³/mol. The van der Waals surface area contributed by atoms with E-state index in [4.69, 9.17) is 9.72 Å². The molecule has 0 radical (unpaired) electrons. The fraction of sp³-hybridized carbons (Fsp3) is 0.346. The summed E-state index contributed by atoms with van der Waals surface area (Å²) >= 11 is 0. The molecule has 0 saturated carbocycles. The zero-order chi connectivity index (χ0) is 23.5. The zero-order valence-electron chi connectivity index (χ0n) is 19.7. The van der Waals surface area contributed by atoms with Crippen molar-refractivity contribution in [2.75, 3.05) is 62.7 Å². The van der Waals surface area contributed by atoms with Crippen molar-refractivity contribution in [2.45, 2.75) is 6.54 Å². The van der Waals surface area contributed by atoms with Crippen molar-refractivity contribution in [3.8, 4) is 11.1 Å². The molecule has 1 aromatic carbocycles. The first-order valence-electron chi connectivity index (χ1n) is 12.2. The summed E-state index contributed by atoms with van der Waals surface area (Å²) in [5.41, 5.74) is 5.40. The quantitative estimate of drug-likeness (QED) is 0.396. The molecule has 9 nitrogen and oxygen atoms in total. The number of anilines is 3. The summed E-state index contributed by atoms with van der Waals surface area (Å²) in [6.07, 6.45) is 3.74. The number of imidazole rings is 1. The van der Waals surface area contributed by atoms with Crippen LogP contribution in [0.15, 0.2) is 54.9 Å². The molecule has 2 fully saturated rings. The number of fused-ring (bicyclic) bond motifs is 1. The second-order valence-electron chi connectivity index (χ2n) is 9.02. The lowest BCUT2D eigenvalue weighted by molar-refractivity contribution is 0.122. The van der Waals surface area contributed by atoms with Crippen molar-refractivity contribution in [3.05, 3.63) is 60.4 Å². The van der Waals surface area contributed by atoms with E-state index in [0.29, 0.717) is 5.95 Å². The van der Waals surface area contributed by atoms with Gasteiger partial charge >= 0.3 is 0 Å². The first-order chi connectivity index (χ1) is 17.3. The lowest BCUT2D eigenvalue weighted by Gasteiger charge is -2.28. The molecule has 0 spiro atoms. The third-order valence-electron chi connectivity index (χ3n) is 6.58. The number of aromatic nitrogens is 4. The van der Waals surface area contributed by atoms with Crippen LogP contribution in [0.5, 0.6) is 0 Å². The van der Waals surface area contributed by atoms with Gasteiger partial charge in [-0.05, 0) is 53.1 Å². The van der Waals surface area contributed by atoms with Crippen molar-refractivity contribution >= 4 is 28.6 Å². The van der Waals surface area contributed by atoms with Crippen LogP contribution in [-0.4, -0.2) is 77.3 Å². The van der Waals surface area contributed by atoms with Gasteiger partial charge in [0.15, 0.2) is 0 Å². The standard InChI is InChI=1S/C26H30N8O/c1-2-22-23(16-20(1)21-4-6-29-25(17-21)34-11-13-35-14-12-34)31-26(30-22)32-24-15-19(3-5-28-24)18-33-9-7-27-8-10-33/h1-6,15-17,27H,7-14,18H2,(H2,28,30,31,32). The minimum atomic E-state index is 0.688. The normalized spacial score (nSPS) is 17.1. The molecule has 180 valence electrons. The number of H-pyrrole nitrogens is 1. The zero-order valence-corrected chi connectivity index (χ0v) is 19.7. The Balaban J connectivity index is 1.19. The van der Waals surface area contributed by atoms with Crippen molar-refractivity contribution in [1.82, 2.24) is 30.2 Å². The SMILES string of the molecule is c1cc(CN2CCNCC2)cc(Nc2nc3ccc(-c4ccnc(N5CCOCC5)c4)cc3[nH]2)n1. The van der Waals surface area contributed by atoms with Crippen LogP contribution in [0.3, 0.4) is 0 Å². The van der Waals surface area contributed by atoms with Gasteiger partial charge in [0.2, 0.25) is 5.95 Å². The Morgan fingerprint density at radius 2 is 1.71 bits per heavy atom. The van der Waals surface area contributed by atoms with Gasteiger partial charge in [0.1, 0.15) is 11.6 Å². The van der Waals surface area contributed by atoms with E-state index in [-0.39, 0.29) is 0 Å². The summed E-state index contributed by atoms with van der Waals surface area (Å²) in [5.74, 6) is 2.47. The second-order valence-corrected chi connectivity index (χ2v) is 9.02. The number of hydrogen-bond donors (Lipinski definition) is 3. The predicted octanol–water partition coefficient (Wildman–Crippen LogP) is 3.01. The molecule has 5 heterocycles. The Labute approximate surface area is 204 Å². The molecule has 9 heteroatoms. The number of aromatic amines is 1. The highest BCUT2D eigenvalue weighted by molar-refractivity contribution is 5.84. The van der Waals surface area contributed by atoms with Gasteiger partial charge in [-0.15, -0.1) is 0 Å². The number of hydrogen-bond acceptors (Lipinski definition) is 8. The van der Waals surface area contributed by atoms with Crippen LogP contribution in [-0.2, 0) is 11.3 Å². The molecule has 3 N–H and O–H groups in total. The highest BCUT2D eigenvalue weighted by atomic mass is 16.5. The molecule has 0 atom stereocenters. The molecule has 2 aliphatic rings. The number of piperazine rings is 1. The van der Waals surface area contributed by atoms with Gasteiger partial charge in [-0.3, -0.25) is 4.90 Å². The summed E-state index contributed by atoms with van der Waals surface area (Å²) < 4.78 is 5.47. The van der Waals surface area contributed by atoms with Crippen LogP contribution >= 0.6 is 0 Å². The van der Waals surface area contributed by atoms with E-state index in [2.05, 4.69) is 77.8 Å². The highest BCUT2D eigenvalue weighted by Crippen LogP contribution is 2.27. The number of nitrogens with one attached hydrogen (secondary N) is 3. The third kappa shape index (κ3) is 5.12. The summed E-state index contributed by atoms with van der Waals surface area (Å²) in [4.78, 5) is 21.9. The van der Waals surface area contributed by atoms with E-state index < -0.39 is 0 Å². The summed E-state index contributed by atoms with van der Waals surface area (Å²) in [5, 5.41) is 6.75. The molecule has 6 rings (SSSR count). The summed E-state index contributed by atoms with van der Waals surface area (Å²) in [7, 11) is 0. The second kappa shape index (κ2) is 9.99. The van der Waals surface area contributed by atoms with Crippen LogP contribution in [0.1, 0.15) is 5.56 Å². The Kier molecular flexibility index (Phi) is 6.27. The van der Waals surface area contributed by atoms with Crippen LogP contribution in [0, 0.1) is 0 Å². The number of pyridine rings is 2. The maximum Gasteiger partial charge on any atom is 0.206 e. The lowest BCUT2D eigenvalue weighted by Crippen LogP contribution is -2.42. The Hall–Kier alpha value is -3.53. The average Bonchev–Trinajstić information content (AvgIpc) is 3.31. The van der Waals surface area contributed by atoms with Gasteiger partial charge in [-0.2, -0.15) is 0 Å². The largest absolute Gasteiger partial charge is 0.378 e. The summed E-state index contributed by atoms with van der Waals surface area (Å²) in [6, 6.07) is 14.7. The maximum absolute atomic E-state index is 5.47. The van der Waals surface area contributed by atoms with Crippen LogP contribution < -0.4 is 15.5 Å². The van der Waals surface area contributed by atoms with E-state index in [1.807, 2.05) is 12.4 Å². The van der Waals surface area contributed by atoms with Gasteiger partial charge in [-0.1, -0.05) is 6.07 Å². The van der Waals surface area contributed by atoms with Crippen LogP contribution in [0.2, 0.25) is 0 Å². The molecular formula is C26H30N8O. The van der Waals surface area contributed by atoms with Gasteiger partial charge < -0.3 is 25.3 Å². The average molecular weight is 471 g/mol. The first-order valence-corrected chi connectivity index (χ1v) is 12.2. The van der Waals surface area contributed by atoms with Crippen molar-refractivity contribution < 1.29 is 4.74 Å². The molecular weight excluding hydrogens is 440 g/mol. The lowest BCUT2D eigenvalue weighted by atomic mass is 10.1. The number of nitrogens with zero attached hydrogens (tertiary/aromatic N) is 5. The fourth-order valence-electron chi connectivity index (χ4n) is 4.70. The molecule has 4 aromatic rings. The van der Waals surface area contributed by atoms with Crippen molar-refractivity contribution in [3.63, 3.8) is 0 Å². The smallest absolute Gasteiger partial charge is 0.206 e. The minimum Gasteiger partial charge on any atom is -0.378 e. The third-order valence-corrected chi connectivity index (χ3v) is 6.58. The number of benzene rings is 1. The van der Waals surface area contributed by atoms with E-state index in [1.165, 1.54) is 5.56 Å². The van der Waals surface area contributed by atoms with Gasteiger partial charge in [0, 0.05) is 58.2 Å². The monoisotopic (exact) mass is 470 g/mol. The number of ether oxygens (including phenoxy) is 1. The van der Waals surface area contributed by atoms with Crippen molar-refractivity contribution in [1.29, 1.82) is 0 Å². The highest BCUT2D eigenvalue weighted by Gasteiger charge is 2.14. The van der Waals surface area contributed by atoms with Gasteiger partial charge in [-0.25, -0.2) is 15.0 Å². The van der Waals surface area contributed by atoms with Gasteiger partial charge in [0.05, 0.1) is 24.2 Å². The first kappa shape index (κ1) is 22.0. The number of rotatable bonds is 6. The molecule has 0 bridgehead atoms. The fourth-order valence-corrected chi connectivity index (χ4v) is 4.70. The Morgan fingerprint density at radius 1 is 0.886 bits per heavy atom. The summed E-state index contributed by atoms with van der Waals surface area (Å²) in [6.45, 7) is 8.40. The molecule has 0 unspecified atom stereocenters. The van der Waals surface area contributed by atoms with Crippen molar-refractivity contribution in [2.24, 2.45) is 0 Å². The topological polar surface area (TPSA) is 94.2 Å². The minimum absolute atomic E-state index is 0.688. The van der Waals surface area contributed by atoms with E-state index in [0.717, 1.165) is 92.8 Å². The maximum atomic E-state index is 5.47. The molecule has 3 aromatic heterocycles. The number of morpholine rings is 1.